The average Bonchev–Trinajstić information content (AvgIpc) is 3.37. The number of carbonyl (C=O) groups is 2. The molecule has 0 saturated carbocycles. The number of benzene rings is 3. The number of amides is 2. The number of hydrogen-bond acceptors (Lipinski definition) is 6. The van der Waals surface area contributed by atoms with Crippen LogP contribution in [0.4, 0.5) is 5.69 Å². The van der Waals surface area contributed by atoms with Crippen molar-refractivity contribution in [3.63, 3.8) is 0 Å². The number of hydrogen-bond donors (Lipinski definition) is 2. The highest BCUT2D eigenvalue weighted by atomic mass is 35.5. The molecule has 1 heterocycles. The quantitative estimate of drug-likeness (QED) is 0.199. The summed E-state index contributed by atoms with van der Waals surface area (Å²) in [6.07, 6.45) is 2.57. The fraction of sp³-hybridized carbons (Fsp3) is 0.241. The Bertz CT molecular complexity index is 1550. The molecule has 0 aliphatic heterocycles. The Balaban J connectivity index is 1.56. The molecule has 208 valence electrons. The highest BCUT2D eigenvalue weighted by Crippen LogP contribution is 2.28. The highest BCUT2D eigenvalue weighted by Gasteiger charge is 2.27. The van der Waals surface area contributed by atoms with Crippen LogP contribution in [0.2, 0.25) is 5.02 Å². The van der Waals surface area contributed by atoms with Crippen molar-refractivity contribution in [1.29, 1.82) is 0 Å². The Morgan fingerprint density at radius 3 is 2.55 bits per heavy atom. The van der Waals surface area contributed by atoms with E-state index in [-0.39, 0.29) is 28.6 Å². The molecule has 2 amide bonds. The molecule has 1 unspecified atom stereocenters. The van der Waals surface area contributed by atoms with E-state index in [2.05, 4.69) is 10.3 Å². The van der Waals surface area contributed by atoms with Crippen molar-refractivity contribution in [1.82, 2.24) is 15.2 Å². The molecule has 40 heavy (non-hydrogen) atoms. The monoisotopic (exact) mass is 564 g/mol. The molecule has 0 aliphatic carbocycles. The first-order valence-electron chi connectivity index (χ1n) is 12.5. The molecule has 0 aliphatic rings. The van der Waals surface area contributed by atoms with Gasteiger partial charge in [-0.25, -0.2) is 0 Å². The van der Waals surface area contributed by atoms with Gasteiger partial charge in [0.05, 0.1) is 19.1 Å². The largest absolute Gasteiger partial charge is 0.493 e. The van der Waals surface area contributed by atoms with E-state index < -0.39 is 16.9 Å². The number of methoxy groups -OCH3 is 2. The number of rotatable bonds is 11. The number of ether oxygens (including phenoxy) is 2. The summed E-state index contributed by atoms with van der Waals surface area (Å²) in [6.45, 7) is 0.376. The number of likely N-dealkylation sites (N-methyl/N-ethyl adjacent to an activating group) is 1. The zero-order valence-corrected chi connectivity index (χ0v) is 23.0. The molecule has 4 aromatic rings. The molecule has 4 rings (SSSR count). The standard InChI is InChI=1S/C29H29ClN4O6/c1-33(13-12-18-8-11-26(39-2)27(14-18)40-3)29(36)24(15-20-17-31-23-7-5-4-6-21(20)23)32-28(35)19-9-10-22(30)25(16-19)34(37)38/h4-11,14,16-17,24,31H,12-13,15H2,1-3H3,(H,32,35). The molecule has 0 bridgehead atoms. The molecule has 1 aromatic heterocycles. The van der Waals surface area contributed by atoms with Gasteiger partial charge in [-0.05, 0) is 47.9 Å². The zero-order chi connectivity index (χ0) is 28.8. The Morgan fingerprint density at radius 1 is 1.07 bits per heavy atom. The van der Waals surface area contributed by atoms with Gasteiger partial charge in [-0.1, -0.05) is 35.9 Å². The van der Waals surface area contributed by atoms with Gasteiger partial charge >= 0.3 is 0 Å². The molecule has 1 atom stereocenters. The maximum absolute atomic E-state index is 13.7. The van der Waals surface area contributed by atoms with E-state index in [1.54, 1.807) is 32.2 Å². The van der Waals surface area contributed by atoms with Crippen LogP contribution in [-0.2, 0) is 17.6 Å². The van der Waals surface area contributed by atoms with Crippen LogP contribution in [0.1, 0.15) is 21.5 Å². The van der Waals surface area contributed by atoms with Gasteiger partial charge in [-0.15, -0.1) is 0 Å². The van der Waals surface area contributed by atoms with Crippen LogP contribution in [0.3, 0.4) is 0 Å². The molecule has 0 saturated heterocycles. The minimum Gasteiger partial charge on any atom is -0.493 e. The highest BCUT2D eigenvalue weighted by molar-refractivity contribution is 6.32. The van der Waals surface area contributed by atoms with Crippen LogP contribution in [0.25, 0.3) is 10.9 Å². The SMILES string of the molecule is COc1ccc(CCN(C)C(=O)C(Cc2c[nH]c3ccccc23)NC(=O)c2ccc(Cl)c([N+](=O)[O-])c2)cc1OC. The maximum Gasteiger partial charge on any atom is 0.288 e. The van der Waals surface area contributed by atoms with Crippen molar-refractivity contribution >= 4 is 40.0 Å². The maximum atomic E-state index is 13.7. The van der Waals surface area contributed by atoms with Crippen molar-refractivity contribution in [2.45, 2.75) is 18.9 Å². The summed E-state index contributed by atoms with van der Waals surface area (Å²) in [5, 5.41) is 15.0. The lowest BCUT2D eigenvalue weighted by Crippen LogP contribution is -2.49. The minimum absolute atomic E-state index is 0.0285. The third kappa shape index (κ3) is 6.35. The number of para-hydroxylation sites is 1. The van der Waals surface area contributed by atoms with E-state index >= 15 is 0 Å². The number of nitrogens with one attached hydrogen (secondary N) is 2. The Labute approximate surface area is 236 Å². The summed E-state index contributed by atoms with van der Waals surface area (Å²) in [4.78, 5) is 42.3. The zero-order valence-electron chi connectivity index (χ0n) is 22.3. The van der Waals surface area contributed by atoms with Crippen LogP contribution in [0, 0.1) is 10.1 Å². The first-order valence-corrected chi connectivity index (χ1v) is 12.8. The third-order valence-electron chi connectivity index (χ3n) is 6.67. The molecule has 0 spiro atoms. The van der Waals surface area contributed by atoms with E-state index in [0.29, 0.717) is 24.5 Å². The normalized spacial score (nSPS) is 11.6. The van der Waals surface area contributed by atoms with Crippen molar-refractivity contribution in [2.75, 3.05) is 27.8 Å². The van der Waals surface area contributed by atoms with Crippen LogP contribution < -0.4 is 14.8 Å². The number of fused-ring (bicyclic) bond motifs is 1. The topological polar surface area (TPSA) is 127 Å². The summed E-state index contributed by atoms with van der Waals surface area (Å²) in [5.41, 5.74) is 2.35. The number of nitro groups is 1. The van der Waals surface area contributed by atoms with E-state index in [0.717, 1.165) is 28.1 Å². The molecule has 0 radical (unpaired) electrons. The second-order valence-electron chi connectivity index (χ2n) is 9.21. The smallest absolute Gasteiger partial charge is 0.288 e. The van der Waals surface area contributed by atoms with Gasteiger partial charge in [0, 0.05) is 48.7 Å². The number of aromatic nitrogens is 1. The van der Waals surface area contributed by atoms with Gasteiger partial charge < -0.3 is 24.7 Å². The predicted molar refractivity (Wildman–Crippen MR) is 152 cm³/mol. The molecular formula is C29H29ClN4O6. The first kappa shape index (κ1) is 28.4. The number of aromatic amines is 1. The van der Waals surface area contributed by atoms with Crippen molar-refractivity contribution in [2.24, 2.45) is 0 Å². The fourth-order valence-corrected chi connectivity index (χ4v) is 4.65. The second kappa shape index (κ2) is 12.5. The number of halogens is 1. The lowest BCUT2D eigenvalue weighted by Gasteiger charge is -2.25. The van der Waals surface area contributed by atoms with E-state index in [1.165, 1.54) is 12.1 Å². The molecule has 3 aromatic carbocycles. The van der Waals surface area contributed by atoms with Gasteiger partial charge in [0.25, 0.3) is 11.6 Å². The summed E-state index contributed by atoms with van der Waals surface area (Å²) in [5.74, 6) is 0.281. The summed E-state index contributed by atoms with van der Waals surface area (Å²) in [7, 11) is 4.80. The molecule has 2 N–H and O–H groups in total. The van der Waals surface area contributed by atoms with Crippen molar-refractivity contribution in [3.8, 4) is 11.5 Å². The Kier molecular flexibility index (Phi) is 8.90. The Morgan fingerprint density at radius 2 is 1.82 bits per heavy atom. The molecule has 11 heteroatoms. The van der Waals surface area contributed by atoms with E-state index in [9.17, 15) is 19.7 Å². The van der Waals surface area contributed by atoms with Crippen LogP contribution >= 0.6 is 11.6 Å². The fourth-order valence-electron chi connectivity index (χ4n) is 4.47. The number of nitrogens with zero attached hydrogens (tertiary/aromatic N) is 2. The van der Waals surface area contributed by atoms with Crippen molar-refractivity contribution < 1.29 is 24.0 Å². The molecular weight excluding hydrogens is 536 g/mol. The number of carbonyl (C=O) groups excluding carboxylic acids is 2. The van der Waals surface area contributed by atoms with Gasteiger partial charge in [0.15, 0.2) is 11.5 Å². The third-order valence-corrected chi connectivity index (χ3v) is 6.99. The van der Waals surface area contributed by atoms with Crippen molar-refractivity contribution in [3.05, 3.63) is 98.7 Å². The summed E-state index contributed by atoms with van der Waals surface area (Å²) >= 11 is 5.91. The number of H-pyrrole nitrogens is 1. The summed E-state index contributed by atoms with van der Waals surface area (Å²) < 4.78 is 10.7. The number of nitro benzene ring substituents is 1. The summed E-state index contributed by atoms with van der Waals surface area (Å²) in [6, 6.07) is 16.1. The van der Waals surface area contributed by atoms with Gasteiger partial charge in [-0.2, -0.15) is 0 Å². The van der Waals surface area contributed by atoms with Crippen LogP contribution in [0.5, 0.6) is 11.5 Å². The minimum atomic E-state index is -0.933. The first-order chi connectivity index (χ1) is 19.2. The lowest BCUT2D eigenvalue weighted by molar-refractivity contribution is -0.384. The Hall–Kier alpha value is -4.57. The molecule has 0 fully saturated rings. The molecule has 10 nitrogen and oxygen atoms in total. The van der Waals surface area contributed by atoms with Gasteiger partial charge in [0.1, 0.15) is 11.1 Å². The predicted octanol–water partition coefficient (Wildman–Crippen LogP) is 4.79. The average molecular weight is 565 g/mol. The van der Waals surface area contributed by atoms with Crippen LogP contribution in [-0.4, -0.2) is 60.5 Å². The lowest BCUT2D eigenvalue weighted by atomic mass is 10.0. The van der Waals surface area contributed by atoms with E-state index in [4.69, 9.17) is 21.1 Å². The van der Waals surface area contributed by atoms with Gasteiger partial charge in [0.2, 0.25) is 5.91 Å². The van der Waals surface area contributed by atoms with Gasteiger partial charge in [-0.3, -0.25) is 19.7 Å². The van der Waals surface area contributed by atoms with E-state index in [1.807, 2.05) is 42.6 Å². The second-order valence-corrected chi connectivity index (χ2v) is 9.62. The van der Waals surface area contributed by atoms with Crippen LogP contribution in [0.15, 0.2) is 66.9 Å².